The third kappa shape index (κ3) is 7.67. The second kappa shape index (κ2) is 14.3. The molecule has 2 N–H and O–H groups in total. The first-order chi connectivity index (χ1) is 19.7. The molecule has 214 valence electrons. The molecule has 0 aliphatic heterocycles. The number of aliphatic carboxylic acids is 1. The molecule has 4 aromatic rings. The summed E-state index contributed by atoms with van der Waals surface area (Å²) in [6.07, 6.45) is 2.22. The Morgan fingerprint density at radius 1 is 0.976 bits per heavy atom. The van der Waals surface area contributed by atoms with Crippen LogP contribution in [0.25, 0.3) is 22.5 Å². The lowest BCUT2D eigenvalue weighted by molar-refractivity contribution is -0.139. The quantitative estimate of drug-likeness (QED) is 0.163. The Morgan fingerprint density at radius 2 is 1.71 bits per heavy atom. The first-order valence-electron chi connectivity index (χ1n) is 12.7. The van der Waals surface area contributed by atoms with Gasteiger partial charge >= 0.3 is 5.97 Å². The molecule has 1 aromatic heterocycles. The predicted octanol–water partition coefficient (Wildman–Crippen LogP) is 8.54. The highest BCUT2D eigenvalue weighted by Crippen LogP contribution is 2.39. The molecular weight excluding hydrogens is 605 g/mol. The minimum absolute atomic E-state index is 0.0732. The number of nitrogens with one attached hydrogen (secondary N) is 1. The zero-order chi connectivity index (χ0) is 29.5. The fourth-order valence-electron chi connectivity index (χ4n) is 4.28. The van der Waals surface area contributed by atoms with Crippen molar-refractivity contribution in [3.8, 4) is 22.5 Å². The Morgan fingerprint density at radius 3 is 2.39 bits per heavy atom. The van der Waals surface area contributed by atoms with Gasteiger partial charge in [-0.15, -0.1) is 0 Å². The van der Waals surface area contributed by atoms with Gasteiger partial charge in [-0.3, -0.25) is 4.79 Å². The first kappa shape index (κ1) is 31.0. The molecule has 0 aliphatic rings. The third-order valence-electron chi connectivity index (χ3n) is 6.45. The van der Waals surface area contributed by atoms with E-state index in [1.165, 1.54) is 11.8 Å². The average molecular weight is 633 g/mol. The summed E-state index contributed by atoms with van der Waals surface area (Å²) in [4.78, 5) is 25.0. The number of halogens is 3. The maximum atomic E-state index is 13.3. The number of hydrogen-bond acceptors (Lipinski definition) is 5. The molecule has 41 heavy (non-hydrogen) atoms. The largest absolute Gasteiger partial charge is 0.480 e. The van der Waals surface area contributed by atoms with Crippen molar-refractivity contribution in [2.75, 3.05) is 12.0 Å². The van der Waals surface area contributed by atoms with Crippen LogP contribution < -0.4 is 5.32 Å². The number of carbonyl (C=O) groups excluding carboxylic acids is 1. The molecule has 10 heteroatoms. The van der Waals surface area contributed by atoms with Gasteiger partial charge in [0.1, 0.15) is 22.7 Å². The standard InChI is InChI=1S/C31H28Cl3NO5S/c1-18-5-3-4-6-22(18)24-15-19(7-12-23(24)30(36)35-25(31(37)38)13-14-41-2)16-39-17-26-27(33)28(34)29(40-26)20-8-10-21(32)11-9-20/h3-12,15,25H,13-14,16-17H2,1-2H3,(H,35,36)(H,37,38). The highest BCUT2D eigenvalue weighted by molar-refractivity contribution is 7.98. The smallest absolute Gasteiger partial charge is 0.326 e. The van der Waals surface area contributed by atoms with Gasteiger partial charge in [-0.05, 0) is 84.0 Å². The van der Waals surface area contributed by atoms with Gasteiger partial charge < -0.3 is 19.6 Å². The van der Waals surface area contributed by atoms with E-state index < -0.39 is 17.9 Å². The van der Waals surface area contributed by atoms with Crippen LogP contribution in [0.3, 0.4) is 0 Å². The minimum atomic E-state index is -1.06. The lowest BCUT2D eigenvalue weighted by Gasteiger charge is -2.17. The van der Waals surface area contributed by atoms with E-state index in [1.54, 1.807) is 36.4 Å². The summed E-state index contributed by atoms with van der Waals surface area (Å²) >= 11 is 20.4. The summed E-state index contributed by atoms with van der Waals surface area (Å²) in [6, 6.07) is 19.1. The molecule has 0 spiro atoms. The number of hydrogen-bond donors (Lipinski definition) is 2. The normalized spacial score (nSPS) is 11.8. The SMILES string of the molecule is CSCCC(NC(=O)c1ccc(COCc2oc(-c3ccc(Cl)cc3)c(Cl)c2Cl)cc1-c1ccccc1C)C(=O)O. The van der Waals surface area contributed by atoms with Crippen LogP contribution in [0.4, 0.5) is 0 Å². The molecule has 1 unspecified atom stereocenters. The van der Waals surface area contributed by atoms with Crippen molar-refractivity contribution in [1.29, 1.82) is 0 Å². The van der Waals surface area contributed by atoms with Gasteiger partial charge in [0.25, 0.3) is 5.91 Å². The van der Waals surface area contributed by atoms with Crippen LogP contribution in [-0.4, -0.2) is 35.0 Å². The van der Waals surface area contributed by atoms with Gasteiger partial charge in [0.2, 0.25) is 0 Å². The van der Waals surface area contributed by atoms with Gasteiger partial charge in [-0.25, -0.2) is 4.79 Å². The summed E-state index contributed by atoms with van der Waals surface area (Å²) in [5, 5.41) is 13.5. The van der Waals surface area contributed by atoms with Crippen molar-refractivity contribution in [3.05, 3.63) is 104 Å². The number of amides is 1. The van der Waals surface area contributed by atoms with Crippen LogP contribution in [-0.2, 0) is 22.7 Å². The summed E-state index contributed by atoms with van der Waals surface area (Å²) in [6.45, 7) is 2.24. The van der Waals surface area contributed by atoms with Gasteiger partial charge in [0, 0.05) is 16.1 Å². The number of aryl methyl sites for hydroxylation is 1. The van der Waals surface area contributed by atoms with Gasteiger partial charge in [-0.2, -0.15) is 11.8 Å². The number of furan rings is 1. The van der Waals surface area contributed by atoms with Crippen molar-refractivity contribution in [1.82, 2.24) is 5.32 Å². The van der Waals surface area contributed by atoms with Crippen LogP contribution in [0, 0.1) is 6.92 Å². The first-order valence-corrected chi connectivity index (χ1v) is 15.2. The fraction of sp³-hybridized carbons (Fsp3) is 0.226. The van der Waals surface area contributed by atoms with Crippen LogP contribution >= 0.6 is 46.6 Å². The highest BCUT2D eigenvalue weighted by atomic mass is 35.5. The maximum absolute atomic E-state index is 13.3. The van der Waals surface area contributed by atoms with E-state index in [2.05, 4.69) is 5.32 Å². The molecule has 1 atom stereocenters. The van der Waals surface area contributed by atoms with Gasteiger partial charge in [0.15, 0.2) is 11.5 Å². The number of thioether (sulfide) groups is 1. The van der Waals surface area contributed by atoms with Crippen LogP contribution in [0.1, 0.15) is 33.7 Å². The Balaban J connectivity index is 1.55. The van der Waals surface area contributed by atoms with Gasteiger partial charge in [-0.1, -0.05) is 65.1 Å². The molecule has 1 heterocycles. The molecular formula is C31H28Cl3NO5S. The summed E-state index contributed by atoms with van der Waals surface area (Å²) in [7, 11) is 0. The third-order valence-corrected chi connectivity index (χ3v) is 8.20. The van der Waals surface area contributed by atoms with E-state index in [-0.39, 0.29) is 18.2 Å². The van der Waals surface area contributed by atoms with Crippen molar-refractivity contribution < 1.29 is 23.8 Å². The van der Waals surface area contributed by atoms with E-state index in [0.29, 0.717) is 44.9 Å². The van der Waals surface area contributed by atoms with Crippen molar-refractivity contribution in [3.63, 3.8) is 0 Å². The maximum Gasteiger partial charge on any atom is 0.326 e. The zero-order valence-corrected chi connectivity index (χ0v) is 25.5. The summed E-state index contributed by atoms with van der Waals surface area (Å²) in [5.74, 6) is -0.0747. The van der Waals surface area contributed by atoms with E-state index in [4.69, 9.17) is 44.0 Å². The molecule has 0 bridgehead atoms. The Hall–Kier alpha value is -2.94. The second-order valence-corrected chi connectivity index (χ2v) is 11.5. The molecule has 0 aliphatic carbocycles. The lowest BCUT2D eigenvalue weighted by Crippen LogP contribution is -2.41. The number of carboxylic acids is 1. The van der Waals surface area contributed by atoms with Crippen molar-refractivity contribution in [2.45, 2.75) is 32.6 Å². The van der Waals surface area contributed by atoms with Crippen LogP contribution in [0.5, 0.6) is 0 Å². The summed E-state index contributed by atoms with van der Waals surface area (Å²) < 4.78 is 11.9. The van der Waals surface area contributed by atoms with Crippen LogP contribution in [0.15, 0.2) is 71.1 Å². The molecule has 0 saturated carbocycles. The topological polar surface area (TPSA) is 88.8 Å². The molecule has 0 saturated heterocycles. The van der Waals surface area contributed by atoms with E-state index in [0.717, 1.165) is 22.3 Å². The number of carboxylic acid groups (broad SMARTS) is 1. The molecule has 4 rings (SSSR count). The Labute approximate surface area is 257 Å². The monoisotopic (exact) mass is 631 g/mol. The Bertz CT molecular complexity index is 1540. The number of rotatable bonds is 12. The van der Waals surface area contributed by atoms with E-state index in [1.807, 2.05) is 43.5 Å². The molecule has 0 radical (unpaired) electrons. The van der Waals surface area contributed by atoms with Crippen molar-refractivity contribution >= 4 is 58.4 Å². The highest BCUT2D eigenvalue weighted by Gasteiger charge is 2.23. The molecule has 3 aromatic carbocycles. The average Bonchev–Trinajstić information content (AvgIpc) is 3.24. The van der Waals surface area contributed by atoms with Gasteiger partial charge in [0.05, 0.1) is 6.61 Å². The number of benzene rings is 3. The second-order valence-electron chi connectivity index (χ2n) is 9.32. The van der Waals surface area contributed by atoms with E-state index in [9.17, 15) is 14.7 Å². The fourth-order valence-corrected chi connectivity index (χ4v) is 5.31. The molecule has 1 amide bonds. The van der Waals surface area contributed by atoms with Crippen LogP contribution in [0.2, 0.25) is 15.1 Å². The molecule has 6 nitrogen and oxygen atoms in total. The zero-order valence-electron chi connectivity index (χ0n) is 22.4. The number of carbonyl (C=O) groups is 2. The number of ether oxygens (including phenoxy) is 1. The minimum Gasteiger partial charge on any atom is -0.480 e. The lowest BCUT2D eigenvalue weighted by atomic mass is 9.93. The molecule has 0 fully saturated rings. The van der Waals surface area contributed by atoms with Crippen molar-refractivity contribution in [2.24, 2.45) is 0 Å². The summed E-state index contributed by atoms with van der Waals surface area (Å²) in [5.41, 5.74) is 4.45. The predicted molar refractivity (Wildman–Crippen MR) is 166 cm³/mol. The Kier molecular flexibility index (Phi) is 10.8. The van der Waals surface area contributed by atoms with E-state index >= 15 is 0 Å².